The molecule has 9 nitrogen and oxygen atoms in total. The van der Waals surface area contributed by atoms with Crippen molar-refractivity contribution in [3.8, 4) is 6.07 Å². The van der Waals surface area contributed by atoms with E-state index in [2.05, 4.69) is 41.5 Å². The van der Waals surface area contributed by atoms with Crippen LogP contribution >= 0.6 is 11.3 Å². The summed E-state index contributed by atoms with van der Waals surface area (Å²) in [6.07, 6.45) is 5.80. The van der Waals surface area contributed by atoms with Crippen molar-refractivity contribution in [1.29, 1.82) is 5.26 Å². The zero-order valence-corrected chi connectivity index (χ0v) is 16.3. The molecule has 2 aliphatic heterocycles. The summed E-state index contributed by atoms with van der Waals surface area (Å²) in [5.41, 5.74) is 0. The Hall–Kier alpha value is -2.77. The average molecular weight is 398 g/mol. The van der Waals surface area contributed by atoms with E-state index >= 15 is 0 Å². The topological polar surface area (TPSA) is 110 Å². The fourth-order valence-corrected chi connectivity index (χ4v) is 4.31. The first-order chi connectivity index (χ1) is 13.7. The number of nitriles is 1. The number of anilines is 3. The number of amides is 1. The van der Waals surface area contributed by atoms with Gasteiger partial charge in [-0.15, -0.1) is 0 Å². The SMILES string of the molecule is N#Cc1cnc(Nc2cc(N3CCC(N4CCNC(=O)CC4)CC3)ncn2)s1. The van der Waals surface area contributed by atoms with Crippen LogP contribution < -0.4 is 15.5 Å². The number of piperidine rings is 1. The maximum absolute atomic E-state index is 11.5. The van der Waals surface area contributed by atoms with E-state index in [1.54, 1.807) is 12.5 Å². The first kappa shape index (κ1) is 18.6. The summed E-state index contributed by atoms with van der Waals surface area (Å²) in [6.45, 7) is 4.36. The molecule has 2 aromatic heterocycles. The predicted molar refractivity (Wildman–Crippen MR) is 107 cm³/mol. The zero-order valence-electron chi connectivity index (χ0n) is 15.5. The molecule has 0 bridgehead atoms. The number of aromatic nitrogens is 3. The lowest BCUT2D eigenvalue weighted by Gasteiger charge is -2.38. The Morgan fingerprint density at radius 2 is 2.07 bits per heavy atom. The monoisotopic (exact) mass is 398 g/mol. The minimum atomic E-state index is 0.156. The number of rotatable bonds is 4. The normalized spacial score (nSPS) is 19.0. The Kier molecular flexibility index (Phi) is 5.64. The number of carbonyl (C=O) groups excluding carboxylic acids is 1. The van der Waals surface area contributed by atoms with Crippen LogP contribution in [0.1, 0.15) is 24.1 Å². The Morgan fingerprint density at radius 1 is 1.21 bits per heavy atom. The van der Waals surface area contributed by atoms with Crippen LogP contribution in [0.4, 0.5) is 16.8 Å². The van der Waals surface area contributed by atoms with E-state index in [1.165, 1.54) is 11.3 Å². The van der Waals surface area contributed by atoms with Crippen molar-refractivity contribution in [2.24, 2.45) is 0 Å². The molecular weight excluding hydrogens is 376 g/mol. The van der Waals surface area contributed by atoms with Gasteiger partial charge in [0.1, 0.15) is 28.9 Å². The van der Waals surface area contributed by atoms with Crippen molar-refractivity contribution in [3.05, 3.63) is 23.5 Å². The molecule has 0 unspecified atom stereocenters. The minimum absolute atomic E-state index is 0.156. The molecule has 10 heteroatoms. The molecule has 1 amide bonds. The van der Waals surface area contributed by atoms with Gasteiger partial charge in [-0.05, 0) is 12.8 Å². The molecule has 0 radical (unpaired) electrons. The molecule has 2 aromatic rings. The third-order valence-electron chi connectivity index (χ3n) is 5.16. The first-order valence-electron chi connectivity index (χ1n) is 9.42. The molecule has 2 aliphatic rings. The van der Waals surface area contributed by atoms with Crippen LogP contribution in [0.5, 0.6) is 0 Å². The summed E-state index contributed by atoms with van der Waals surface area (Å²) in [6, 6.07) is 4.52. The van der Waals surface area contributed by atoms with Gasteiger partial charge in [-0.1, -0.05) is 11.3 Å². The number of nitrogens with zero attached hydrogens (tertiary/aromatic N) is 6. The van der Waals surface area contributed by atoms with Crippen molar-refractivity contribution in [3.63, 3.8) is 0 Å². The molecule has 2 saturated heterocycles. The number of thiazole rings is 1. The van der Waals surface area contributed by atoms with E-state index < -0.39 is 0 Å². The quantitative estimate of drug-likeness (QED) is 0.794. The molecule has 0 aliphatic carbocycles. The van der Waals surface area contributed by atoms with Gasteiger partial charge in [-0.2, -0.15) is 5.26 Å². The fraction of sp³-hybridized carbons (Fsp3) is 0.500. The largest absolute Gasteiger partial charge is 0.356 e. The first-order valence-corrected chi connectivity index (χ1v) is 10.2. The van der Waals surface area contributed by atoms with Gasteiger partial charge in [-0.25, -0.2) is 15.0 Å². The van der Waals surface area contributed by atoms with E-state index in [0.29, 0.717) is 28.3 Å². The van der Waals surface area contributed by atoms with E-state index in [9.17, 15) is 4.79 Å². The molecule has 0 atom stereocenters. The summed E-state index contributed by atoms with van der Waals surface area (Å²) in [5, 5.41) is 15.6. The minimum Gasteiger partial charge on any atom is -0.356 e. The number of nitrogens with one attached hydrogen (secondary N) is 2. The lowest BCUT2D eigenvalue weighted by Crippen LogP contribution is -2.46. The van der Waals surface area contributed by atoms with Crippen LogP contribution in [-0.2, 0) is 4.79 Å². The Bertz CT molecular complexity index is 870. The van der Waals surface area contributed by atoms with E-state index in [1.807, 2.05) is 6.07 Å². The van der Waals surface area contributed by atoms with Crippen molar-refractivity contribution in [1.82, 2.24) is 25.2 Å². The standard InChI is InChI=1S/C18H22N8OS/c19-10-14-11-21-18(28-14)24-15-9-16(23-12-22-15)26-5-1-13(2-6-26)25-7-3-17(27)20-4-8-25/h9,11-13H,1-8H2,(H,20,27)(H,21,22,23,24). The Balaban J connectivity index is 1.35. The average Bonchev–Trinajstić information content (AvgIpc) is 3.07. The zero-order chi connectivity index (χ0) is 19.3. The molecule has 0 spiro atoms. The molecule has 0 saturated carbocycles. The van der Waals surface area contributed by atoms with Crippen LogP contribution in [0.2, 0.25) is 0 Å². The van der Waals surface area contributed by atoms with E-state index in [4.69, 9.17) is 5.26 Å². The lowest BCUT2D eigenvalue weighted by molar-refractivity contribution is -0.120. The van der Waals surface area contributed by atoms with Crippen molar-refractivity contribution < 1.29 is 4.79 Å². The smallest absolute Gasteiger partial charge is 0.221 e. The predicted octanol–water partition coefficient (Wildman–Crippen LogP) is 1.34. The summed E-state index contributed by atoms with van der Waals surface area (Å²) < 4.78 is 0. The van der Waals surface area contributed by atoms with Crippen LogP contribution in [0.25, 0.3) is 0 Å². The Labute approximate surface area is 167 Å². The molecule has 28 heavy (non-hydrogen) atoms. The van der Waals surface area contributed by atoms with Gasteiger partial charge in [0.05, 0.1) is 6.20 Å². The van der Waals surface area contributed by atoms with Gasteiger partial charge in [0, 0.05) is 51.3 Å². The molecule has 146 valence electrons. The second-order valence-electron chi connectivity index (χ2n) is 6.88. The van der Waals surface area contributed by atoms with Crippen LogP contribution in [-0.4, -0.2) is 64.5 Å². The van der Waals surface area contributed by atoms with E-state index in [0.717, 1.165) is 51.4 Å². The second-order valence-corrected chi connectivity index (χ2v) is 7.91. The molecule has 0 aromatic carbocycles. The van der Waals surface area contributed by atoms with Crippen molar-refractivity contribution in [2.75, 3.05) is 42.9 Å². The Morgan fingerprint density at radius 3 is 2.86 bits per heavy atom. The van der Waals surface area contributed by atoms with Gasteiger partial charge < -0.3 is 15.5 Å². The van der Waals surface area contributed by atoms with Gasteiger partial charge in [0.2, 0.25) is 5.91 Å². The van der Waals surface area contributed by atoms with Crippen molar-refractivity contribution >= 4 is 34.0 Å². The van der Waals surface area contributed by atoms with E-state index in [-0.39, 0.29) is 5.91 Å². The maximum Gasteiger partial charge on any atom is 0.221 e. The highest BCUT2D eigenvalue weighted by Gasteiger charge is 2.26. The number of carbonyl (C=O) groups is 1. The number of hydrogen-bond acceptors (Lipinski definition) is 9. The molecule has 4 rings (SSSR count). The summed E-state index contributed by atoms with van der Waals surface area (Å²) in [5.74, 6) is 1.71. The van der Waals surface area contributed by atoms with Gasteiger partial charge in [0.25, 0.3) is 0 Å². The summed E-state index contributed by atoms with van der Waals surface area (Å²) in [4.78, 5) is 29.7. The highest BCUT2D eigenvalue weighted by Crippen LogP contribution is 2.25. The molecule has 2 fully saturated rings. The third-order valence-corrected chi connectivity index (χ3v) is 5.97. The van der Waals surface area contributed by atoms with Gasteiger partial charge in [-0.3, -0.25) is 9.69 Å². The number of hydrogen-bond donors (Lipinski definition) is 2. The summed E-state index contributed by atoms with van der Waals surface area (Å²) >= 11 is 1.30. The lowest BCUT2D eigenvalue weighted by atomic mass is 10.0. The highest BCUT2D eigenvalue weighted by atomic mass is 32.1. The molecule has 4 heterocycles. The van der Waals surface area contributed by atoms with Crippen molar-refractivity contribution in [2.45, 2.75) is 25.3 Å². The van der Waals surface area contributed by atoms with Gasteiger partial charge in [0.15, 0.2) is 5.13 Å². The molecule has 2 N–H and O–H groups in total. The summed E-state index contributed by atoms with van der Waals surface area (Å²) in [7, 11) is 0. The second kappa shape index (κ2) is 8.50. The van der Waals surface area contributed by atoms with Crippen LogP contribution in [0, 0.1) is 11.3 Å². The molecular formula is C18H22N8OS. The van der Waals surface area contributed by atoms with Gasteiger partial charge >= 0.3 is 0 Å². The van der Waals surface area contributed by atoms with Crippen LogP contribution in [0.15, 0.2) is 18.6 Å². The fourth-order valence-electron chi connectivity index (χ4n) is 3.69. The highest BCUT2D eigenvalue weighted by molar-refractivity contribution is 7.16. The third kappa shape index (κ3) is 4.37. The van der Waals surface area contributed by atoms with Crippen LogP contribution in [0.3, 0.4) is 0 Å². The maximum atomic E-state index is 11.5.